The summed E-state index contributed by atoms with van der Waals surface area (Å²) in [5, 5.41) is 12.1. The van der Waals surface area contributed by atoms with Crippen molar-refractivity contribution in [3.05, 3.63) is 48.4 Å². The van der Waals surface area contributed by atoms with Gasteiger partial charge in [-0.05, 0) is 31.2 Å². The van der Waals surface area contributed by atoms with Crippen LogP contribution in [-0.2, 0) is 0 Å². The zero-order valence-electron chi connectivity index (χ0n) is 14.8. The molecule has 3 heterocycles. The highest BCUT2D eigenvalue weighted by molar-refractivity contribution is 5.94. The maximum Gasteiger partial charge on any atom is 0.255 e. The van der Waals surface area contributed by atoms with E-state index in [1.54, 1.807) is 30.7 Å². The van der Waals surface area contributed by atoms with Gasteiger partial charge in [0, 0.05) is 44.4 Å². The van der Waals surface area contributed by atoms with E-state index in [4.69, 9.17) is 9.84 Å². The highest BCUT2D eigenvalue weighted by Crippen LogP contribution is 2.19. The molecule has 7 nitrogen and oxygen atoms in total. The van der Waals surface area contributed by atoms with Crippen LogP contribution in [-0.4, -0.2) is 57.7 Å². The normalized spacial score (nSPS) is 16.2. The minimum absolute atomic E-state index is 0.0147. The van der Waals surface area contributed by atoms with Crippen molar-refractivity contribution < 1.29 is 14.6 Å². The number of carbonyl (C=O) groups is 1. The summed E-state index contributed by atoms with van der Waals surface area (Å²) in [5.74, 6) is 1.40. The Bertz CT molecular complexity index is 700. The number of aliphatic hydroxyl groups excluding tert-OH is 1. The Morgan fingerprint density at radius 2 is 2.15 bits per heavy atom. The molecular formula is C19H24N4O3. The number of amides is 1. The van der Waals surface area contributed by atoms with Crippen LogP contribution in [0.3, 0.4) is 0 Å². The largest absolute Gasteiger partial charge is 0.489 e. The maximum atomic E-state index is 12.6. The van der Waals surface area contributed by atoms with Crippen molar-refractivity contribution in [2.75, 3.05) is 25.0 Å². The van der Waals surface area contributed by atoms with Gasteiger partial charge in [0.2, 0.25) is 0 Å². The number of aromatic nitrogens is 2. The maximum absolute atomic E-state index is 12.6. The molecule has 26 heavy (non-hydrogen) atoms. The predicted octanol–water partition coefficient (Wildman–Crippen LogP) is 1.95. The number of piperidine rings is 1. The van der Waals surface area contributed by atoms with Gasteiger partial charge in [0.25, 0.3) is 5.91 Å². The molecule has 1 unspecified atom stereocenters. The fourth-order valence-corrected chi connectivity index (χ4v) is 2.87. The third kappa shape index (κ3) is 4.70. The lowest BCUT2D eigenvalue weighted by Crippen LogP contribution is -2.41. The van der Waals surface area contributed by atoms with Crippen LogP contribution in [0.5, 0.6) is 5.75 Å². The Balaban J connectivity index is 1.51. The van der Waals surface area contributed by atoms with Crippen molar-refractivity contribution in [3.8, 4) is 5.75 Å². The lowest BCUT2D eigenvalue weighted by molar-refractivity contribution is 0.0594. The molecular weight excluding hydrogens is 332 g/mol. The van der Waals surface area contributed by atoms with Gasteiger partial charge >= 0.3 is 0 Å². The Hall–Kier alpha value is -2.67. The van der Waals surface area contributed by atoms with E-state index in [2.05, 4.69) is 15.3 Å². The lowest BCUT2D eigenvalue weighted by Gasteiger charge is -2.32. The van der Waals surface area contributed by atoms with Crippen LogP contribution < -0.4 is 10.1 Å². The number of pyridine rings is 2. The van der Waals surface area contributed by atoms with E-state index in [-0.39, 0.29) is 24.7 Å². The topological polar surface area (TPSA) is 87.6 Å². The van der Waals surface area contributed by atoms with Crippen molar-refractivity contribution in [1.29, 1.82) is 0 Å². The van der Waals surface area contributed by atoms with E-state index in [0.717, 1.165) is 18.6 Å². The smallest absolute Gasteiger partial charge is 0.255 e. The van der Waals surface area contributed by atoms with Gasteiger partial charge in [-0.2, -0.15) is 0 Å². The minimum Gasteiger partial charge on any atom is -0.489 e. The van der Waals surface area contributed by atoms with Gasteiger partial charge < -0.3 is 20.1 Å². The summed E-state index contributed by atoms with van der Waals surface area (Å²) in [6, 6.07) is 7.19. The molecule has 3 rings (SSSR count). The number of ether oxygens (including phenoxy) is 1. The van der Waals surface area contributed by atoms with E-state index < -0.39 is 0 Å². The Kier molecular flexibility index (Phi) is 6.01. The molecule has 1 aliphatic rings. The van der Waals surface area contributed by atoms with Gasteiger partial charge in [-0.1, -0.05) is 0 Å². The van der Waals surface area contributed by atoms with Crippen LogP contribution in [0.2, 0.25) is 0 Å². The second-order valence-electron chi connectivity index (χ2n) is 6.46. The van der Waals surface area contributed by atoms with Gasteiger partial charge in [0.05, 0.1) is 18.4 Å². The fourth-order valence-electron chi connectivity index (χ4n) is 2.87. The van der Waals surface area contributed by atoms with E-state index >= 15 is 0 Å². The number of rotatable bonds is 6. The predicted molar refractivity (Wildman–Crippen MR) is 98.2 cm³/mol. The van der Waals surface area contributed by atoms with Crippen LogP contribution in [0.25, 0.3) is 0 Å². The van der Waals surface area contributed by atoms with Crippen LogP contribution in [0, 0.1) is 0 Å². The van der Waals surface area contributed by atoms with Gasteiger partial charge in [-0.3, -0.25) is 9.78 Å². The van der Waals surface area contributed by atoms with Crippen LogP contribution >= 0.6 is 0 Å². The van der Waals surface area contributed by atoms with Crippen LogP contribution in [0.15, 0.2) is 42.9 Å². The second kappa shape index (κ2) is 8.62. The summed E-state index contributed by atoms with van der Waals surface area (Å²) in [6.07, 6.45) is 6.69. The number of hydrogen-bond acceptors (Lipinski definition) is 6. The number of anilines is 1. The Labute approximate surface area is 153 Å². The van der Waals surface area contributed by atoms with Crippen molar-refractivity contribution >= 4 is 11.7 Å². The minimum atomic E-state index is -0.0807. The first-order valence-electron chi connectivity index (χ1n) is 8.85. The molecule has 1 fully saturated rings. The van der Waals surface area contributed by atoms with Crippen molar-refractivity contribution in [2.45, 2.75) is 31.9 Å². The monoisotopic (exact) mass is 356 g/mol. The van der Waals surface area contributed by atoms with E-state index in [9.17, 15) is 4.79 Å². The molecule has 1 aliphatic heterocycles. The molecule has 2 aromatic rings. The summed E-state index contributed by atoms with van der Waals surface area (Å²) in [5.41, 5.74) is 0.568. The number of likely N-dealkylation sites (tertiary alicyclic amines) is 1. The number of nitrogens with one attached hydrogen (secondary N) is 1. The van der Waals surface area contributed by atoms with Crippen molar-refractivity contribution in [3.63, 3.8) is 0 Å². The second-order valence-corrected chi connectivity index (χ2v) is 6.46. The summed E-state index contributed by atoms with van der Waals surface area (Å²) in [6.45, 7) is 3.20. The number of nitrogens with zero attached hydrogens (tertiary/aromatic N) is 3. The molecule has 0 radical (unpaired) electrons. The zero-order valence-corrected chi connectivity index (χ0v) is 14.8. The number of hydrogen-bond donors (Lipinski definition) is 2. The molecule has 0 spiro atoms. The summed E-state index contributed by atoms with van der Waals surface area (Å²) in [7, 11) is 0. The van der Waals surface area contributed by atoms with Crippen LogP contribution in [0.1, 0.15) is 30.1 Å². The third-order valence-corrected chi connectivity index (χ3v) is 4.34. The van der Waals surface area contributed by atoms with Gasteiger partial charge in [0.15, 0.2) is 0 Å². The number of aliphatic hydroxyl groups is 1. The van der Waals surface area contributed by atoms with E-state index in [1.807, 2.05) is 24.0 Å². The highest BCUT2D eigenvalue weighted by Gasteiger charge is 2.25. The summed E-state index contributed by atoms with van der Waals surface area (Å²) < 4.78 is 5.91. The standard InChI is InChI=1S/C19H24N4O3/c1-14(13-24)22-18-5-4-15(11-21-18)19(25)23-9-6-16(7-10-23)26-17-3-2-8-20-12-17/h2-5,8,11-12,14,16,24H,6-7,9-10,13H2,1H3,(H,21,22). The molecule has 0 bridgehead atoms. The average Bonchev–Trinajstić information content (AvgIpc) is 2.69. The van der Waals surface area contributed by atoms with Crippen molar-refractivity contribution in [2.24, 2.45) is 0 Å². The summed E-state index contributed by atoms with van der Waals surface area (Å²) >= 11 is 0. The fraction of sp³-hybridized carbons (Fsp3) is 0.421. The quantitative estimate of drug-likeness (QED) is 0.823. The first-order chi connectivity index (χ1) is 12.7. The average molecular weight is 356 g/mol. The molecule has 7 heteroatoms. The first-order valence-corrected chi connectivity index (χ1v) is 8.85. The zero-order chi connectivity index (χ0) is 18.4. The Morgan fingerprint density at radius 1 is 1.35 bits per heavy atom. The molecule has 2 aromatic heterocycles. The SMILES string of the molecule is CC(CO)Nc1ccc(C(=O)N2CCC(Oc3cccnc3)CC2)cn1. The molecule has 1 atom stereocenters. The summed E-state index contributed by atoms with van der Waals surface area (Å²) in [4.78, 5) is 22.8. The van der Waals surface area contributed by atoms with E-state index in [0.29, 0.717) is 24.5 Å². The van der Waals surface area contributed by atoms with Gasteiger partial charge in [-0.15, -0.1) is 0 Å². The molecule has 2 N–H and O–H groups in total. The van der Waals surface area contributed by atoms with Crippen LogP contribution in [0.4, 0.5) is 5.82 Å². The lowest BCUT2D eigenvalue weighted by atomic mass is 10.1. The molecule has 1 saturated heterocycles. The van der Waals surface area contributed by atoms with E-state index in [1.165, 1.54) is 0 Å². The molecule has 1 amide bonds. The van der Waals surface area contributed by atoms with Crippen molar-refractivity contribution in [1.82, 2.24) is 14.9 Å². The third-order valence-electron chi connectivity index (χ3n) is 4.34. The molecule has 0 aromatic carbocycles. The first kappa shape index (κ1) is 18.1. The van der Waals surface area contributed by atoms with Gasteiger partial charge in [0.1, 0.15) is 17.7 Å². The molecule has 138 valence electrons. The molecule has 0 aliphatic carbocycles. The highest BCUT2D eigenvalue weighted by atomic mass is 16.5. The number of carbonyl (C=O) groups excluding carboxylic acids is 1. The van der Waals surface area contributed by atoms with Gasteiger partial charge in [-0.25, -0.2) is 4.98 Å². The Morgan fingerprint density at radius 3 is 2.77 bits per heavy atom. The molecule has 0 saturated carbocycles.